The van der Waals surface area contributed by atoms with Crippen molar-refractivity contribution in [2.45, 2.75) is 0 Å². The van der Waals surface area contributed by atoms with Gasteiger partial charge in [-0.2, -0.15) is 0 Å². The number of halogens is 2. The van der Waals surface area contributed by atoms with Crippen LogP contribution in [0.25, 0.3) is 0 Å². The molecule has 0 heterocycles. The second-order valence-corrected chi connectivity index (χ2v) is 3.57. The Morgan fingerprint density at radius 1 is 1.06 bits per heavy atom. The molecule has 0 aromatic heterocycles. The lowest BCUT2D eigenvalue weighted by Gasteiger charge is -2.06. The molecule has 0 aliphatic carbocycles. The summed E-state index contributed by atoms with van der Waals surface area (Å²) in [5.41, 5.74) is 5.40. The molecular formula is C13H9F2NO2. The highest BCUT2D eigenvalue weighted by atomic mass is 19.1. The summed E-state index contributed by atoms with van der Waals surface area (Å²) in [5, 5.41) is 0. The number of hydrogen-bond acceptors (Lipinski definition) is 2. The van der Waals surface area contributed by atoms with Crippen LogP contribution in [0, 0.1) is 11.6 Å². The third-order valence-corrected chi connectivity index (χ3v) is 2.26. The quantitative estimate of drug-likeness (QED) is 0.909. The van der Waals surface area contributed by atoms with Gasteiger partial charge in [0.25, 0.3) is 0 Å². The summed E-state index contributed by atoms with van der Waals surface area (Å²) >= 11 is 0. The summed E-state index contributed by atoms with van der Waals surface area (Å²) in [6.45, 7) is 0. The maximum absolute atomic E-state index is 13.3. The van der Waals surface area contributed by atoms with Crippen molar-refractivity contribution in [2.75, 3.05) is 0 Å². The van der Waals surface area contributed by atoms with E-state index >= 15 is 0 Å². The van der Waals surface area contributed by atoms with E-state index in [0.29, 0.717) is 11.3 Å². The Hall–Kier alpha value is -2.43. The van der Waals surface area contributed by atoms with Crippen molar-refractivity contribution in [3.05, 3.63) is 59.7 Å². The minimum Gasteiger partial charge on any atom is -0.454 e. The number of rotatable bonds is 3. The van der Waals surface area contributed by atoms with Crippen molar-refractivity contribution in [1.82, 2.24) is 0 Å². The molecule has 0 aliphatic rings. The average Bonchev–Trinajstić information content (AvgIpc) is 2.33. The molecule has 18 heavy (non-hydrogen) atoms. The largest absolute Gasteiger partial charge is 0.454 e. The van der Waals surface area contributed by atoms with Gasteiger partial charge in [-0.15, -0.1) is 0 Å². The first-order chi connectivity index (χ1) is 8.56. The van der Waals surface area contributed by atoms with Crippen LogP contribution in [0.1, 0.15) is 10.4 Å². The third-order valence-electron chi connectivity index (χ3n) is 2.26. The van der Waals surface area contributed by atoms with E-state index in [0.717, 1.165) is 12.1 Å². The summed E-state index contributed by atoms with van der Waals surface area (Å²) in [4.78, 5) is 10.8. The van der Waals surface area contributed by atoms with Crippen molar-refractivity contribution >= 4 is 5.91 Å². The minimum absolute atomic E-state index is 0.0942. The maximum atomic E-state index is 13.3. The molecule has 0 spiro atoms. The van der Waals surface area contributed by atoms with Gasteiger partial charge in [0.05, 0.1) is 0 Å². The van der Waals surface area contributed by atoms with Gasteiger partial charge in [-0.05, 0) is 36.4 Å². The van der Waals surface area contributed by atoms with Gasteiger partial charge in [0, 0.05) is 11.6 Å². The molecule has 0 atom stereocenters. The number of primary amides is 1. The Labute approximate surface area is 102 Å². The molecule has 0 saturated carbocycles. The molecule has 5 heteroatoms. The number of carbonyl (C=O) groups is 1. The topological polar surface area (TPSA) is 52.3 Å². The molecular weight excluding hydrogens is 240 g/mol. The first-order valence-corrected chi connectivity index (χ1v) is 5.09. The standard InChI is InChI=1S/C13H9F2NO2/c14-9-3-6-12(11(15)7-9)18-10-4-1-8(2-5-10)13(16)17/h1-7H,(H2,16,17). The van der Waals surface area contributed by atoms with Gasteiger partial charge in [0.2, 0.25) is 5.91 Å². The van der Waals surface area contributed by atoms with Crippen molar-refractivity contribution < 1.29 is 18.3 Å². The van der Waals surface area contributed by atoms with E-state index in [1.807, 2.05) is 0 Å². The molecule has 2 N–H and O–H groups in total. The van der Waals surface area contributed by atoms with E-state index in [1.54, 1.807) is 0 Å². The van der Waals surface area contributed by atoms with Crippen LogP contribution < -0.4 is 10.5 Å². The van der Waals surface area contributed by atoms with E-state index in [-0.39, 0.29) is 5.75 Å². The van der Waals surface area contributed by atoms with Gasteiger partial charge < -0.3 is 10.5 Å². The van der Waals surface area contributed by atoms with Crippen LogP contribution in [-0.2, 0) is 0 Å². The van der Waals surface area contributed by atoms with Crippen LogP contribution in [0.15, 0.2) is 42.5 Å². The lowest BCUT2D eigenvalue weighted by atomic mass is 10.2. The molecule has 92 valence electrons. The molecule has 2 aromatic carbocycles. The summed E-state index contributed by atoms with van der Waals surface area (Å²) < 4.78 is 31.2. The van der Waals surface area contributed by atoms with Crippen molar-refractivity contribution in [1.29, 1.82) is 0 Å². The highest BCUT2D eigenvalue weighted by molar-refractivity contribution is 5.92. The Balaban J connectivity index is 2.21. The van der Waals surface area contributed by atoms with E-state index in [4.69, 9.17) is 10.5 Å². The monoisotopic (exact) mass is 249 g/mol. The van der Waals surface area contributed by atoms with Gasteiger partial charge in [-0.3, -0.25) is 4.79 Å². The third kappa shape index (κ3) is 2.63. The minimum atomic E-state index is -0.797. The first-order valence-electron chi connectivity index (χ1n) is 5.09. The Morgan fingerprint density at radius 3 is 2.28 bits per heavy atom. The van der Waals surface area contributed by atoms with Gasteiger partial charge >= 0.3 is 0 Å². The predicted octanol–water partition coefficient (Wildman–Crippen LogP) is 2.86. The highest BCUT2D eigenvalue weighted by Gasteiger charge is 2.06. The molecule has 0 fully saturated rings. The summed E-state index contributed by atoms with van der Waals surface area (Å²) in [5.74, 6) is -1.80. The van der Waals surface area contributed by atoms with E-state index in [9.17, 15) is 13.6 Å². The number of hydrogen-bond donors (Lipinski definition) is 1. The van der Waals surface area contributed by atoms with Crippen LogP contribution in [0.4, 0.5) is 8.78 Å². The second-order valence-electron chi connectivity index (χ2n) is 3.57. The fourth-order valence-electron chi connectivity index (χ4n) is 1.37. The molecule has 3 nitrogen and oxygen atoms in total. The van der Waals surface area contributed by atoms with Crippen molar-refractivity contribution in [2.24, 2.45) is 5.73 Å². The lowest BCUT2D eigenvalue weighted by molar-refractivity contribution is 0.100. The van der Waals surface area contributed by atoms with E-state index < -0.39 is 17.5 Å². The molecule has 0 aliphatic heterocycles. The van der Waals surface area contributed by atoms with Crippen LogP contribution in [-0.4, -0.2) is 5.91 Å². The molecule has 2 aromatic rings. The highest BCUT2D eigenvalue weighted by Crippen LogP contribution is 2.24. The van der Waals surface area contributed by atoms with Gasteiger partial charge in [-0.25, -0.2) is 8.78 Å². The smallest absolute Gasteiger partial charge is 0.248 e. The number of carbonyl (C=O) groups excluding carboxylic acids is 1. The van der Waals surface area contributed by atoms with Gasteiger partial charge in [-0.1, -0.05) is 0 Å². The molecule has 2 rings (SSSR count). The SMILES string of the molecule is NC(=O)c1ccc(Oc2ccc(F)cc2F)cc1. The lowest BCUT2D eigenvalue weighted by Crippen LogP contribution is -2.10. The normalized spacial score (nSPS) is 10.1. The Morgan fingerprint density at radius 2 is 1.72 bits per heavy atom. The van der Waals surface area contributed by atoms with Gasteiger partial charge in [0.1, 0.15) is 11.6 Å². The van der Waals surface area contributed by atoms with Crippen LogP contribution in [0.5, 0.6) is 11.5 Å². The predicted molar refractivity (Wildman–Crippen MR) is 61.4 cm³/mol. The molecule has 0 unspecified atom stereocenters. The molecule has 0 bridgehead atoms. The van der Waals surface area contributed by atoms with Crippen LogP contribution >= 0.6 is 0 Å². The summed E-state index contributed by atoms with van der Waals surface area (Å²) in [7, 11) is 0. The van der Waals surface area contributed by atoms with Crippen molar-refractivity contribution in [3.8, 4) is 11.5 Å². The first kappa shape index (κ1) is 12.0. The van der Waals surface area contributed by atoms with E-state index in [2.05, 4.69) is 0 Å². The van der Waals surface area contributed by atoms with E-state index in [1.165, 1.54) is 30.3 Å². The number of ether oxygens (including phenoxy) is 1. The molecule has 0 saturated heterocycles. The maximum Gasteiger partial charge on any atom is 0.248 e. The number of amides is 1. The fraction of sp³-hybridized carbons (Fsp3) is 0. The zero-order chi connectivity index (χ0) is 13.1. The van der Waals surface area contributed by atoms with Crippen molar-refractivity contribution in [3.63, 3.8) is 0 Å². The second kappa shape index (κ2) is 4.83. The zero-order valence-corrected chi connectivity index (χ0v) is 9.19. The Bertz CT molecular complexity index is 582. The average molecular weight is 249 g/mol. The molecule has 1 amide bonds. The Kier molecular flexibility index (Phi) is 3.23. The molecule has 0 radical (unpaired) electrons. The number of benzene rings is 2. The summed E-state index contributed by atoms with van der Waals surface area (Å²) in [6, 6.07) is 8.87. The fourth-order valence-corrected chi connectivity index (χ4v) is 1.37. The summed E-state index contributed by atoms with van der Waals surface area (Å²) in [6.07, 6.45) is 0. The number of nitrogens with two attached hydrogens (primary N) is 1. The van der Waals surface area contributed by atoms with Crippen LogP contribution in [0.2, 0.25) is 0 Å². The zero-order valence-electron chi connectivity index (χ0n) is 9.19. The van der Waals surface area contributed by atoms with Gasteiger partial charge in [0.15, 0.2) is 11.6 Å². The van der Waals surface area contributed by atoms with Crippen LogP contribution in [0.3, 0.4) is 0 Å².